The highest BCUT2D eigenvalue weighted by atomic mass is 19.4. The quantitative estimate of drug-likeness (QED) is 0.834. The zero-order chi connectivity index (χ0) is 14.0. The van der Waals surface area contributed by atoms with E-state index in [1.807, 2.05) is 0 Å². The van der Waals surface area contributed by atoms with Crippen LogP contribution in [-0.2, 0) is 0 Å². The lowest BCUT2D eigenvalue weighted by molar-refractivity contribution is -0.184. The molecule has 112 valence electrons. The van der Waals surface area contributed by atoms with Crippen LogP contribution in [0.5, 0.6) is 0 Å². The topological polar surface area (TPSA) is 15.3 Å². The van der Waals surface area contributed by atoms with Gasteiger partial charge in [-0.1, -0.05) is 6.42 Å². The summed E-state index contributed by atoms with van der Waals surface area (Å²) in [6.45, 7) is 3.22. The fourth-order valence-electron chi connectivity index (χ4n) is 3.41. The van der Waals surface area contributed by atoms with Crippen LogP contribution in [-0.4, -0.2) is 42.8 Å². The van der Waals surface area contributed by atoms with Crippen LogP contribution < -0.4 is 5.32 Å². The number of piperidine rings is 1. The van der Waals surface area contributed by atoms with Gasteiger partial charge in [-0.05, 0) is 52.6 Å². The minimum absolute atomic E-state index is 0.0565. The third kappa shape index (κ3) is 4.09. The molecule has 0 aromatic rings. The number of nitrogens with zero attached hydrogens (tertiary/aromatic N) is 1. The predicted molar refractivity (Wildman–Crippen MR) is 70.1 cm³/mol. The van der Waals surface area contributed by atoms with E-state index in [9.17, 15) is 13.2 Å². The molecule has 0 aromatic carbocycles. The van der Waals surface area contributed by atoms with Crippen molar-refractivity contribution in [3.05, 3.63) is 0 Å². The van der Waals surface area contributed by atoms with E-state index in [-0.39, 0.29) is 12.5 Å². The van der Waals surface area contributed by atoms with Gasteiger partial charge >= 0.3 is 6.18 Å². The lowest BCUT2D eigenvalue weighted by atomic mass is 9.84. The Bertz CT molecular complexity index is 293. The average Bonchev–Trinajstić information content (AvgIpc) is 2.33. The second-order valence-electron chi connectivity index (χ2n) is 6.32. The van der Waals surface area contributed by atoms with Crippen molar-refractivity contribution in [3.63, 3.8) is 0 Å². The van der Waals surface area contributed by atoms with E-state index < -0.39 is 12.1 Å². The first-order valence-corrected chi connectivity index (χ1v) is 7.39. The Kier molecular flexibility index (Phi) is 4.77. The first kappa shape index (κ1) is 15.1. The number of alkyl halides is 3. The average molecular weight is 278 g/mol. The molecule has 1 heterocycles. The van der Waals surface area contributed by atoms with Gasteiger partial charge in [-0.3, -0.25) is 0 Å². The molecule has 0 spiro atoms. The Morgan fingerprint density at radius 1 is 1.05 bits per heavy atom. The van der Waals surface area contributed by atoms with Crippen molar-refractivity contribution in [2.24, 2.45) is 5.92 Å². The Morgan fingerprint density at radius 3 is 2.37 bits per heavy atom. The molecular weight excluding hydrogens is 253 g/mol. The molecule has 2 nitrogen and oxygen atoms in total. The molecule has 0 bridgehead atoms. The van der Waals surface area contributed by atoms with Crippen LogP contribution in [0.2, 0.25) is 0 Å². The molecule has 0 radical (unpaired) electrons. The predicted octanol–water partition coefficient (Wildman–Crippen LogP) is 3.18. The first-order chi connectivity index (χ1) is 8.86. The van der Waals surface area contributed by atoms with Crippen LogP contribution in [0.1, 0.15) is 45.4 Å². The maximum Gasteiger partial charge on any atom is 0.391 e. The normalized spacial score (nSPS) is 38.4. The van der Waals surface area contributed by atoms with Crippen LogP contribution in [0, 0.1) is 5.92 Å². The minimum atomic E-state index is -4.01. The van der Waals surface area contributed by atoms with E-state index in [4.69, 9.17) is 0 Å². The van der Waals surface area contributed by atoms with Gasteiger partial charge in [0, 0.05) is 18.1 Å². The van der Waals surface area contributed by atoms with Gasteiger partial charge in [-0.2, -0.15) is 13.2 Å². The van der Waals surface area contributed by atoms with Gasteiger partial charge in [0.05, 0.1) is 5.92 Å². The van der Waals surface area contributed by atoms with Crippen molar-refractivity contribution in [2.75, 3.05) is 13.6 Å². The fraction of sp³-hybridized carbons (Fsp3) is 1.00. The third-order valence-corrected chi connectivity index (χ3v) is 4.82. The number of halogens is 3. The van der Waals surface area contributed by atoms with E-state index in [1.165, 1.54) is 0 Å². The molecule has 4 unspecified atom stereocenters. The Balaban J connectivity index is 1.82. The Labute approximate surface area is 113 Å². The van der Waals surface area contributed by atoms with Gasteiger partial charge in [0.2, 0.25) is 0 Å². The standard InChI is InChI=1S/C14H25F3N2/c1-10-8-13(6-7-19(10)2)18-12-5-3-4-11(9-12)14(15,16)17/h10-13,18H,3-9H2,1-2H3. The van der Waals surface area contributed by atoms with Gasteiger partial charge in [-0.15, -0.1) is 0 Å². The maximum absolute atomic E-state index is 12.8. The molecule has 0 amide bonds. The van der Waals surface area contributed by atoms with Crippen LogP contribution in [0.4, 0.5) is 13.2 Å². The SMILES string of the molecule is CC1CC(NC2CCCC(C(F)(F)F)C2)CCN1C. The summed E-state index contributed by atoms with van der Waals surface area (Å²) in [7, 11) is 2.11. The smallest absolute Gasteiger partial charge is 0.311 e. The summed E-state index contributed by atoms with van der Waals surface area (Å²) in [4.78, 5) is 2.32. The molecule has 2 fully saturated rings. The molecule has 1 N–H and O–H groups in total. The molecule has 5 heteroatoms. The summed E-state index contributed by atoms with van der Waals surface area (Å²) in [5.41, 5.74) is 0. The van der Waals surface area contributed by atoms with Crippen LogP contribution >= 0.6 is 0 Å². The second-order valence-corrected chi connectivity index (χ2v) is 6.32. The highest BCUT2D eigenvalue weighted by Gasteiger charge is 2.42. The zero-order valence-electron chi connectivity index (χ0n) is 11.8. The van der Waals surface area contributed by atoms with Crippen molar-refractivity contribution >= 4 is 0 Å². The van der Waals surface area contributed by atoms with E-state index in [0.717, 1.165) is 25.8 Å². The van der Waals surface area contributed by atoms with Crippen molar-refractivity contribution in [3.8, 4) is 0 Å². The number of hydrogen-bond acceptors (Lipinski definition) is 2. The third-order valence-electron chi connectivity index (χ3n) is 4.82. The summed E-state index contributed by atoms with van der Waals surface area (Å²) in [5.74, 6) is -1.09. The van der Waals surface area contributed by atoms with Gasteiger partial charge < -0.3 is 10.2 Å². The number of nitrogens with one attached hydrogen (secondary N) is 1. The van der Waals surface area contributed by atoms with Crippen LogP contribution in [0.3, 0.4) is 0 Å². The van der Waals surface area contributed by atoms with E-state index in [1.54, 1.807) is 0 Å². The number of likely N-dealkylation sites (tertiary alicyclic amines) is 1. The molecule has 2 rings (SSSR count). The van der Waals surface area contributed by atoms with Crippen molar-refractivity contribution in [1.82, 2.24) is 10.2 Å². The molecular formula is C14H25F3N2. The molecule has 0 aromatic heterocycles. The second kappa shape index (κ2) is 6.00. The molecule has 4 atom stereocenters. The lowest BCUT2D eigenvalue weighted by Gasteiger charge is -2.39. The van der Waals surface area contributed by atoms with E-state index in [0.29, 0.717) is 24.9 Å². The zero-order valence-corrected chi connectivity index (χ0v) is 11.8. The maximum atomic E-state index is 12.8. The summed E-state index contributed by atoms with van der Waals surface area (Å²) in [6.07, 6.45) is 0.255. The first-order valence-electron chi connectivity index (χ1n) is 7.39. The summed E-state index contributed by atoms with van der Waals surface area (Å²) in [5, 5.41) is 3.48. The monoisotopic (exact) mass is 278 g/mol. The minimum Gasteiger partial charge on any atom is -0.311 e. The van der Waals surface area contributed by atoms with Gasteiger partial charge in [0.1, 0.15) is 0 Å². The molecule has 1 saturated carbocycles. The molecule has 2 aliphatic rings. The summed E-state index contributed by atoms with van der Waals surface area (Å²) < 4.78 is 38.3. The number of rotatable bonds is 2. The molecule has 19 heavy (non-hydrogen) atoms. The summed E-state index contributed by atoms with van der Waals surface area (Å²) >= 11 is 0. The molecule has 1 saturated heterocycles. The van der Waals surface area contributed by atoms with Crippen molar-refractivity contribution in [2.45, 2.75) is 69.8 Å². The highest BCUT2D eigenvalue weighted by molar-refractivity contribution is 4.87. The van der Waals surface area contributed by atoms with Crippen LogP contribution in [0.25, 0.3) is 0 Å². The van der Waals surface area contributed by atoms with Gasteiger partial charge in [0.25, 0.3) is 0 Å². The largest absolute Gasteiger partial charge is 0.391 e. The Hall–Kier alpha value is -0.290. The van der Waals surface area contributed by atoms with E-state index in [2.05, 4.69) is 24.2 Å². The molecule has 1 aliphatic heterocycles. The number of hydrogen-bond donors (Lipinski definition) is 1. The van der Waals surface area contributed by atoms with Crippen molar-refractivity contribution in [1.29, 1.82) is 0 Å². The van der Waals surface area contributed by atoms with Crippen LogP contribution in [0.15, 0.2) is 0 Å². The Morgan fingerprint density at radius 2 is 1.74 bits per heavy atom. The highest BCUT2D eigenvalue weighted by Crippen LogP contribution is 2.37. The molecule has 1 aliphatic carbocycles. The van der Waals surface area contributed by atoms with Gasteiger partial charge in [-0.25, -0.2) is 0 Å². The summed E-state index contributed by atoms with van der Waals surface area (Å²) in [6, 6.07) is 0.970. The fourth-order valence-corrected chi connectivity index (χ4v) is 3.41. The van der Waals surface area contributed by atoms with Crippen molar-refractivity contribution < 1.29 is 13.2 Å². The van der Waals surface area contributed by atoms with E-state index >= 15 is 0 Å². The lowest BCUT2D eigenvalue weighted by Crippen LogP contribution is -2.50. The van der Waals surface area contributed by atoms with Gasteiger partial charge in [0.15, 0.2) is 0 Å².